The summed E-state index contributed by atoms with van der Waals surface area (Å²) < 4.78 is 34.1. The lowest BCUT2D eigenvalue weighted by molar-refractivity contribution is 0.0638. The fourth-order valence-electron chi connectivity index (χ4n) is 3.68. The number of piperidine rings is 1. The molecule has 0 bridgehead atoms. The Labute approximate surface area is 176 Å². The number of amides is 1. The third-order valence-electron chi connectivity index (χ3n) is 5.16. The third kappa shape index (κ3) is 5.25. The Morgan fingerprint density at radius 2 is 1.86 bits per heavy atom. The van der Waals surface area contributed by atoms with Crippen LogP contribution in [0, 0.1) is 11.6 Å². The van der Waals surface area contributed by atoms with Crippen LogP contribution in [-0.2, 0) is 0 Å². The van der Waals surface area contributed by atoms with E-state index in [0.717, 1.165) is 32.4 Å². The van der Waals surface area contributed by atoms with Gasteiger partial charge in [0.05, 0.1) is 12.7 Å². The van der Waals surface area contributed by atoms with Crippen molar-refractivity contribution in [2.45, 2.75) is 32.2 Å². The molecule has 0 atom stereocenters. The van der Waals surface area contributed by atoms with E-state index in [2.05, 4.69) is 5.32 Å². The van der Waals surface area contributed by atoms with Crippen molar-refractivity contribution in [3.63, 3.8) is 0 Å². The predicted octanol–water partition coefficient (Wildman–Crippen LogP) is 4.67. The first-order valence-electron chi connectivity index (χ1n) is 9.70. The van der Waals surface area contributed by atoms with Crippen LogP contribution in [0.15, 0.2) is 36.4 Å². The molecule has 1 N–H and O–H groups in total. The Morgan fingerprint density at radius 1 is 1.14 bits per heavy atom. The van der Waals surface area contributed by atoms with Gasteiger partial charge in [0, 0.05) is 24.2 Å². The Balaban J connectivity index is 0.00000300. The van der Waals surface area contributed by atoms with Crippen LogP contribution in [-0.4, -0.2) is 43.6 Å². The number of nitrogens with one attached hydrogen (secondary N) is 1. The van der Waals surface area contributed by atoms with E-state index >= 15 is 0 Å². The Hall–Kier alpha value is -2.18. The predicted molar refractivity (Wildman–Crippen MR) is 113 cm³/mol. The SMILES string of the molecule is CCCN(C(=O)c1ccc(-c2ccc(OC)cc2F)cc1F)C1CCNCC1.Cl. The monoisotopic (exact) mass is 424 g/mol. The highest BCUT2D eigenvalue weighted by Gasteiger charge is 2.27. The molecule has 0 saturated carbocycles. The minimum atomic E-state index is -0.632. The van der Waals surface area contributed by atoms with Gasteiger partial charge in [-0.25, -0.2) is 8.78 Å². The molecule has 2 aromatic rings. The molecule has 0 radical (unpaired) electrons. The third-order valence-corrected chi connectivity index (χ3v) is 5.16. The topological polar surface area (TPSA) is 41.6 Å². The molecule has 0 aromatic heterocycles. The Morgan fingerprint density at radius 3 is 2.45 bits per heavy atom. The van der Waals surface area contributed by atoms with Gasteiger partial charge in [-0.15, -0.1) is 12.4 Å². The standard InChI is InChI=1S/C22H26F2N2O2.ClH/c1-3-12-26(16-8-10-25-11-9-16)22(27)19-6-4-15(13-20(19)23)18-7-5-17(28-2)14-21(18)24;/h4-7,13-14,16,25H,3,8-12H2,1-2H3;1H. The van der Waals surface area contributed by atoms with Crippen LogP contribution in [0.5, 0.6) is 5.75 Å². The van der Waals surface area contributed by atoms with E-state index < -0.39 is 11.6 Å². The van der Waals surface area contributed by atoms with Gasteiger partial charge < -0.3 is 15.0 Å². The summed E-state index contributed by atoms with van der Waals surface area (Å²) in [6.07, 6.45) is 2.54. The van der Waals surface area contributed by atoms with E-state index in [4.69, 9.17) is 4.74 Å². The molecule has 0 unspecified atom stereocenters. The Bertz CT molecular complexity index is 842. The summed E-state index contributed by atoms with van der Waals surface area (Å²) in [5.74, 6) is -1.04. The summed E-state index contributed by atoms with van der Waals surface area (Å²) in [6, 6.07) is 8.82. The van der Waals surface area contributed by atoms with Gasteiger partial charge in [0.25, 0.3) is 5.91 Å². The molecule has 3 rings (SSSR count). The molecular formula is C22H27ClF2N2O2. The van der Waals surface area contributed by atoms with Crippen molar-refractivity contribution in [1.82, 2.24) is 10.2 Å². The first-order valence-corrected chi connectivity index (χ1v) is 9.70. The number of nitrogens with zero attached hydrogens (tertiary/aromatic N) is 1. The molecule has 1 fully saturated rings. The first-order chi connectivity index (χ1) is 13.5. The molecule has 1 saturated heterocycles. The van der Waals surface area contributed by atoms with Crippen LogP contribution in [0.25, 0.3) is 11.1 Å². The smallest absolute Gasteiger partial charge is 0.257 e. The van der Waals surface area contributed by atoms with Crippen LogP contribution in [0.1, 0.15) is 36.5 Å². The Kier molecular flexibility index (Phi) is 8.41. The second-order valence-corrected chi connectivity index (χ2v) is 7.02. The second kappa shape index (κ2) is 10.6. The number of benzene rings is 2. The largest absolute Gasteiger partial charge is 0.497 e. The number of halogens is 3. The number of rotatable bonds is 6. The van der Waals surface area contributed by atoms with E-state index in [9.17, 15) is 13.6 Å². The van der Waals surface area contributed by atoms with Crippen LogP contribution >= 0.6 is 12.4 Å². The normalized spacial score (nSPS) is 14.2. The minimum absolute atomic E-state index is 0. The van der Waals surface area contributed by atoms with Gasteiger partial charge in [-0.05, 0) is 62.2 Å². The zero-order chi connectivity index (χ0) is 20.1. The van der Waals surface area contributed by atoms with E-state index in [1.807, 2.05) is 6.92 Å². The molecule has 29 heavy (non-hydrogen) atoms. The molecule has 1 heterocycles. The maximum atomic E-state index is 14.8. The number of hydrogen-bond donors (Lipinski definition) is 1. The summed E-state index contributed by atoms with van der Waals surface area (Å²) in [4.78, 5) is 14.8. The van der Waals surface area contributed by atoms with Crippen molar-refractivity contribution >= 4 is 18.3 Å². The van der Waals surface area contributed by atoms with Gasteiger partial charge in [-0.2, -0.15) is 0 Å². The number of methoxy groups -OCH3 is 1. The fourth-order valence-corrected chi connectivity index (χ4v) is 3.68. The van der Waals surface area contributed by atoms with Crippen LogP contribution < -0.4 is 10.1 Å². The molecule has 1 aliphatic heterocycles. The maximum Gasteiger partial charge on any atom is 0.257 e. The van der Waals surface area contributed by atoms with Crippen molar-refractivity contribution in [3.05, 3.63) is 53.6 Å². The first kappa shape index (κ1) is 23.1. The van der Waals surface area contributed by atoms with Gasteiger partial charge in [-0.1, -0.05) is 13.0 Å². The number of carbonyl (C=O) groups is 1. The lowest BCUT2D eigenvalue weighted by Gasteiger charge is -2.34. The quantitative estimate of drug-likeness (QED) is 0.732. The molecule has 2 aromatic carbocycles. The molecule has 158 valence electrons. The highest BCUT2D eigenvalue weighted by Crippen LogP contribution is 2.28. The minimum Gasteiger partial charge on any atom is -0.497 e. The highest BCUT2D eigenvalue weighted by atomic mass is 35.5. The summed E-state index contributed by atoms with van der Waals surface area (Å²) in [6.45, 7) is 4.32. The second-order valence-electron chi connectivity index (χ2n) is 7.02. The highest BCUT2D eigenvalue weighted by molar-refractivity contribution is 5.95. The zero-order valence-electron chi connectivity index (χ0n) is 16.7. The lowest BCUT2D eigenvalue weighted by Crippen LogP contribution is -2.46. The van der Waals surface area contributed by atoms with Crippen molar-refractivity contribution in [3.8, 4) is 16.9 Å². The van der Waals surface area contributed by atoms with Gasteiger partial charge in [0.15, 0.2) is 0 Å². The average molecular weight is 425 g/mol. The van der Waals surface area contributed by atoms with Crippen molar-refractivity contribution < 1.29 is 18.3 Å². The molecule has 1 aliphatic rings. The van der Waals surface area contributed by atoms with Crippen LogP contribution in [0.4, 0.5) is 8.78 Å². The van der Waals surface area contributed by atoms with Crippen molar-refractivity contribution in [2.75, 3.05) is 26.7 Å². The van der Waals surface area contributed by atoms with Gasteiger partial charge in [0.1, 0.15) is 17.4 Å². The van der Waals surface area contributed by atoms with E-state index in [1.165, 1.54) is 25.3 Å². The summed E-state index contributed by atoms with van der Waals surface area (Å²) in [5.41, 5.74) is 0.685. The van der Waals surface area contributed by atoms with Gasteiger partial charge in [-0.3, -0.25) is 4.79 Å². The average Bonchev–Trinajstić information content (AvgIpc) is 2.72. The molecular weight excluding hydrogens is 398 g/mol. The molecule has 1 amide bonds. The van der Waals surface area contributed by atoms with Gasteiger partial charge >= 0.3 is 0 Å². The van der Waals surface area contributed by atoms with E-state index in [-0.39, 0.29) is 35.5 Å². The fraction of sp³-hybridized carbons (Fsp3) is 0.409. The van der Waals surface area contributed by atoms with Gasteiger partial charge in [0.2, 0.25) is 0 Å². The molecule has 0 spiro atoms. The zero-order valence-corrected chi connectivity index (χ0v) is 17.5. The van der Waals surface area contributed by atoms with E-state index in [1.54, 1.807) is 23.1 Å². The number of carbonyl (C=O) groups excluding carboxylic acids is 1. The molecule has 4 nitrogen and oxygen atoms in total. The van der Waals surface area contributed by atoms with Crippen molar-refractivity contribution in [2.24, 2.45) is 0 Å². The van der Waals surface area contributed by atoms with E-state index in [0.29, 0.717) is 17.9 Å². The number of ether oxygens (including phenoxy) is 1. The van der Waals surface area contributed by atoms with Crippen LogP contribution in [0.2, 0.25) is 0 Å². The molecule has 0 aliphatic carbocycles. The lowest BCUT2D eigenvalue weighted by atomic mass is 10.00. The summed E-state index contributed by atoms with van der Waals surface area (Å²) >= 11 is 0. The summed E-state index contributed by atoms with van der Waals surface area (Å²) in [7, 11) is 1.46. The molecule has 7 heteroatoms. The summed E-state index contributed by atoms with van der Waals surface area (Å²) in [5, 5.41) is 3.28. The maximum absolute atomic E-state index is 14.8. The van der Waals surface area contributed by atoms with Crippen LogP contribution in [0.3, 0.4) is 0 Å². The van der Waals surface area contributed by atoms with Crippen molar-refractivity contribution in [1.29, 1.82) is 0 Å². The number of hydrogen-bond acceptors (Lipinski definition) is 3.